The first kappa shape index (κ1) is 11.5. The van der Waals surface area contributed by atoms with E-state index in [0.29, 0.717) is 0 Å². The van der Waals surface area contributed by atoms with Gasteiger partial charge in [0.25, 0.3) is 5.91 Å². The zero-order valence-corrected chi connectivity index (χ0v) is 8.95. The summed E-state index contributed by atoms with van der Waals surface area (Å²) in [6, 6.07) is 0. The molecule has 0 radical (unpaired) electrons. The van der Waals surface area contributed by atoms with Crippen molar-refractivity contribution in [1.82, 2.24) is 5.43 Å². The zero-order chi connectivity index (χ0) is 10.6. The summed E-state index contributed by atoms with van der Waals surface area (Å²) in [5.74, 6) is 5.06. The molecule has 1 aliphatic rings. The predicted molar refractivity (Wildman–Crippen MR) is 54.3 cm³/mol. The van der Waals surface area contributed by atoms with Crippen LogP contribution in [0.3, 0.4) is 0 Å². The Morgan fingerprint density at radius 1 is 1.43 bits per heavy atom. The molecule has 0 aliphatic heterocycles. The van der Waals surface area contributed by atoms with E-state index >= 15 is 0 Å². The molecule has 4 heteroatoms. The standard InChI is InChI=1S/C10H20N2O2/c1-7(2)9(10(13)12-11)14-8-5-3-4-6-8/h7-9H,3-6,11H2,1-2H3,(H,12,13). The highest BCUT2D eigenvalue weighted by molar-refractivity contribution is 5.80. The molecular formula is C10H20N2O2. The first-order valence-electron chi connectivity index (χ1n) is 5.31. The molecular weight excluding hydrogens is 180 g/mol. The smallest absolute Gasteiger partial charge is 0.263 e. The Kier molecular flexibility index (Phi) is 4.35. The molecule has 14 heavy (non-hydrogen) atoms. The van der Waals surface area contributed by atoms with Crippen molar-refractivity contribution in [3.63, 3.8) is 0 Å². The maximum Gasteiger partial charge on any atom is 0.263 e. The third-order valence-electron chi connectivity index (χ3n) is 2.65. The summed E-state index contributed by atoms with van der Waals surface area (Å²) >= 11 is 0. The van der Waals surface area contributed by atoms with Crippen LogP contribution in [-0.2, 0) is 9.53 Å². The van der Waals surface area contributed by atoms with Crippen LogP contribution in [0.5, 0.6) is 0 Å². The molecule has 4 nitrogen and oxygen atoms in total. The third kappa shape index (κ3) is 2.96. The highest BCUT2D eigenvalue weighted by atomic mass is 16.5. The third-order valence-corrected chi connectivity index (χ3v) is 2.65. The minimum atomic E-state index is -0.400. The van der Waals surface area contributed by atoms with E-state index in [9.17, 15) is 4.79 Å². The van der Waals surface area contributed by atoms with Crippen molar-refractivity contribution in [3.8, 4) is 0 Å². The first-order chi connectivity index (χ1) is 6.65. The lowest BCUT2D eigenvalue weighted by Crippen LogP contribution is -2.44. The van der Waals surface area contributed by atoms with Gasteiger partial charge in [-0.1, -0.05) is 26.7 Å². The van der Waals surface area contributed by atoms with Gasteiger partial charge >= 0.3 is 0 Å². The second-order valence-corrected chi connectivity index (χ2v) is 4.22. The second kappa shape index (κ2) is 5.32. The fourth-order valence-corrected chi connectivity index (χ4v) is 1.84. The minimum Gasteiger partial charge on any atom is -0.365 e. The van der Waals surface area contributed by atoms with E-state index in [1.165, 1.54) is 12.8 Å². The Labute approximate surface area is 85.2 Å². The normalized spacial score (nSPS) is 20.0. The summed E-state index contributed by atoms with van der Waals surface area (Å²) in [5, 5.41) is 0. The lowest BCUT2D eigenvalue weighted by molar-refractivity contribution is -0.140. The van der Waals surface area contributed by atoms with E-state index in [-0.39, 0.29) is 17.9 Å². The van der Waals surface area contributed by atoms with Crippen molar-refractivity contribution < 1.29 is 9.53 Å². The van der Waals surface area contributed by atoms with Gasteiger partial charge in [-0.15, -0.1) is 0 Å². The lowest BCUT2D eigenvalue weighted by Gasteiger charge is -2.23. The van der Waals surface area contributed by atoms with Gasteiger partial charge in [0.1, 0.15) is 6.10 Å². The van der Waals surface area contributed by atoms with Gasteiger partial charge in [-0.25, -0.2) is 5.84 Å². The van der Waals surface area contributed by atoms with E-state index < -0.39 is 6.10 Å². The first-order valence-corrected chi connectivity index (χ1v) is 5.31. The van der Waals surface area contributed by atoms with Crippen LogP contribution >= 0.6 is 0 Å². The van der Waals surface area contributed by atoms with Gasteiger partial charge in [-0.2, -0.15) is 0 Å². The summed E-state index contributed by atoms with van der Waals surface area (Å²) in [7, 11) is 0. The van der Waals surface area contributed by atoms with E-state index in [1.807, 2.05) is 13.8 Å². The number of rotatable bonds is 4. The molecule has 0 bridgehead atoms. The van der Waals surface area contributed by atoms with Crippen LogP contribution in [0.1, 0.15) is 39.5 Å². The maximum atomic E-state index is 11.4. The molecule has 0 aromatic carbocycles. The molecule has 0 saturated heterocycles. The lowest BCUT2D eigenvalue weighted by atomic mass is 10.1. The number of hydrogen-bond acceptors (Lipinski definition) is 3. The van der Waals surface area contributed by atoms with Gasteiger partial charge in [-0.05, 0) is 18.8 Å². The van der Waals surface area contributed by atoms with Crippen LogP contribution in [0.4, 0.5) is 0 Å². The Morgan fingerprint density at radius 2 is 2.00 bits per heavy atom. The molecule has 82 valence electrons. The predicted octanol–water partition coefficient (Wildman–Crippen LogP) is 0.960. The van der Waals surface area contributed by atoms with Crippen molar-refractivity contribution >= 4 is 5.91 Å². The van der Waals surface area contributed by atoms with Crippen molar-refractivity contribution in [1.29, 1.82) is 0 Å². The second-order valence-electron chi connectivity index (χ2n) is 4.22. The van der Waals surface area contributed by atoms with Crippen LogP contribution in [0.2, 0.25) is 0 Å². The molecule has 0 spiro atoms. The van der Waals surface area contributed by atoms with Crippen molar-refractivity contribution in [2.45, 2.75) is 51.7 Å². The number of ether oxygens (including phenoxy) is 1. The van der Waals surface area contributed by atoms with Gasteiger partial charge < -0.3 is 4.74 Å². The highest BCUT2D eigenvalue weighted by Gasteiger charge is 2.27. The Morgan fingerprint density at radius 3 is 2.43 bits per heavy atom. The average Bonchev–Trinajstić information content (AvgIpc) is 2.65. The summed E-state index contributed by atoms with van der Waals surface area (Å²) in [6.45, 7) is 3.93. The SMILES string of the molecule is CC(C)C(OC1CCCC1)C(=O)NN. The van der Waals surface area contributed by atoms with Crippen LogP contribution in [-0.4, -0.2) is 18.1 Å². The summed E-state index contributed by atoms with van der Waals surface area (Å²) in [4.78, 5) is 11.4. The molecule has 1 rings (SSSR count). The molecule has 1 aliphatic carbocycles. The van der Waals surface area contributed by atoms with Gasteiger partial charge in [0.05, 0.1) is 6.10 Å². The number of hydrogen-bond donors (Lipinski definition) is 2. The van der Waals surface area contributed by atoms with E-state index in [1.54, 1.807) is 0 Å². The highest BCUT2D eigenvalue weighted by Crippen LogP contribution is 2.24. The summed E-state index contributed by atoms with van der Waals surface area (Å²) < 4.78 is 5.73. The number of hydrazine groups is 1. The molecule has 1 unspecified atom stereocenters. The fraction of sp³-hybridized carbons (Fsp3) is 0.900. The monoisotopic (exact) mass is 200 g/mol. The van der Waals surface area contributed by atoms with E-state index in [0.717, 1.165) is 12.8 Å². The largest absolute Gasteiger partial charge is 0.365 e. The van der Waals surface area contributed by atoms with Crippen LogP contribution in [0.15, 0.2) is 0 Å². The van der Waals surface area contributed by atoms with Crippen molar-refractivity contribution in [2.75, 3.05) is 0 Å². The molecule has 1 saturated carbocycles. The summed E-state index contributed by atoms with van der Waals surface area (Å²) in [5.41, 5.74) is 2.16. The van der Waals surface area contributed by atoms with Crippen LogP contribution < -0.4 is 11.3 Å². The maximum absolute atomic E-state index is 11.4. The molecule has 1 fully saturated rings. The quantitative estimate of drug-likeness (QED) is 0.403. The Hall–Kier alpha value is -0.610. The van der Waals surface area contributed by atoms with Gasteiger partial charge in [-0.3, -0.25) is 10.2 Å². The molecule has 0 aromatic rings. The molecule has 1 amide bonds. The average molecular weight is 200 g/mol. The van der Waals surface area contributed by atoms with Crippen LogP contribution in [0.25, 0.3) is 0 Å². The number of nitrogens with two attached hydrogens (primary N) is 1. The molecule has 3 N–H and O–H groups in total. The van der Waals surface area contributed by atoms with Gasteiger partial charge in [0.15, 0.2) is 0 Å². The number of nitrogens with one attached hydrogen (secondary N) is 1. The molecule has 1 atom stereocenters. The fourth-order valence-electron chi connectivity index (χ4n) is 1.84. The Balaban J connectivity index is 2.45. The van der Waals surface area contributed by atoms with Crippen molar-refractivity contribution in [2.24, 2.45) is 11.8 Å². The number of carbonyl (C=O) groups is 1. The molecule has 0 heterocycles. The Bertz CT molecular complexity index is 189. The minimum absolute atomic E-state index is 0.166. The molecule has 0 aromatic heterocycles. The van der Waals surface area contributed by atoms with E-state index in [2.05, 4.69) is 5.43 Å². The van der Waals surface area contributed by atoms with Crippen molar-refractivity contribution in [3.05, 3.63) is 0 Å². The number of amides is 1. The zero-order valence-electron chi connectivity index (χ0n) is 8.95. The summed E-state index contributed by atoms with van der Waals surface area (Å²) in [6.07, 6.45) is 4.41. The van der Waals surface area contributed by atoms with E-state index in [4.69, 9.17) is 10.6 Å². The van der Waals surface area contributed by atoms with Gasteiger partial charge in [0, 0.05) is 0 Å². The number of carbonyl (C=O) groups excluding carboxylic acids is 1. The topological polar surface area (TPSA) is 64.3 Å². The van der Waals surface area contributed by atoms with Crippen LogP contribution in [0, 0.1) is 5.92 Å². The van der Waals surface area contributed by atoms with Gasteiger partial charge in [0.2, 0.25) is 0 Å².